The van der Waals surface area contributed by atoms with E-state index in [-0.39, 0.29) is 0 Å². The minimum Gasteiger partial charge on any atom is -0.298 e. The lowest BCUT2D eigenvalue weighted by atomic mass is 9.96. The summed E-state index contributed by atoms with van der Waals surface area (Å²) >= 11 is 0. The number of pyridine rings is 1. The Hall–Kier alpha value is -0.930. The first kappa shape index (κ1) is 13.1. The molecule has 3 heteroatoms. The van der Waals surface area contributed by atoms with Crippen molar-refractivity contribution in [1.82, 2.24) is 14.8 Å². The molecule has 0 N–H and O–H groups in total. The fourth-order valence-electron chi connectivity index (χ4n) is 3.53. The average molecular weight is 259 g/mol. The Bertz CT molecular complexity index is 432. The van der Waals surface area contributed by atoms with Crippen LogP contribution >= 0.6 is 0 Å². The summed E-state index contributed by atoms with van der Waals surface area (Å²) in [5, 5.41) is 0. The molecule has 3 nitrogen and oxygen atoms in total. The molecule has 2 saturated heterocycles. The summed E-state index contributed by atoms with van der Waals surface area (Å²) in [4.78, 5) is 9.57. The van der Waals surface area contributed by atoms with Gasteiger partial charge >= 0.3 is 0 Å². The summed E-state index contributed by atoms with van der Waals surface area (Å²) in [7, 11) is 0. The maximum atomic E-state index is 4.20. The largest absolute Gasteiger partial charge is 0.298 e. The third-order valence-electron chi connectivity index (χ3n) is 4.83. The Kier molecular flexibility index (Phi) is 3.85. The molecule has 3 heterocycles. The van der Waals surface area contributed by atoms with Crippen LogP contribution < -0.4 is 0 Å². The lowest BCUT2D eigenvalue weighted by Crippen LogP contribution is -2.58. The van der Waals surface area contributed by atoms with Crippen molar-refractivity contribution in [1.29, 1.82) is 0 Å². The van der Waals surface area contributed by atoms with E-state index < -0.39 is 0 Å². The predicted octanol–water partition coefficient (Wildman–Crippen LogP) is 2.45. The molecule has 0 radical (unpaired) electrons. The normalized spacial score (nSPS) is 29.2. The fraction of sp³-hybridized carbons (Fsp3) is 0.688. The van der Waals surface area contributed by atoms with Crippen molar-refractivity contribution in [3.8, 4) is 0 Å². The van der Waals surface area contributed by atoms with Gasteiger partial charge in [0, 0.05) is 44.1 Å². The minimum absolute atomic E-state index is 0.668. The smallest absolute Gasteiger partial charge is 0.0300 e. The Morgan fingerprint density at radius 1 is 1.32 bits per heavy atom. The van der Waals surface area contributed by atoms with Crippen LogP contribution in [0.1, 0.15) is 37.3 Å². The highest BCUT2D eigenvalue weighted by Gasteiger charge is 2.32. The van der Waals surface area contributed by atoms with E-state index in [1.807, 2.05) is 12.4 Å². The molecule has 0 amide bonds. The maximum absolute atomic E-state index is 4.20. The lowest BCUT2D eigenvalue weighted by Gasteiger charge is -2.47. The van der Waals surface area contributed by atoms with Crippen LogP contribution in [0.4, 0.5) is 0 Å². The molecule has 0 saturated carbocycles. The van der Waals surface area contributed by atoms with E-state index in [0.29, 0.717) is 6.04 Å². The van der Waals surface area contributed by atoms with E-state index in [9.17, 15) is 0 Å². The molecule has 1 aromatic rings. The molecule has 104 valence electrons. The second-order valence-electron chi connectivity index (χ2n) is 6.23. The van der Waals surface area contributed by atoms with Crippen molar-refractivity contribution in [3.05, 3.63) is 29.6 Å². The maximum Gasteiger partial charge on any atom is 0.0300 e. The van der Waals surface area contributed by atoms with E-state index in [1.165, 1.54) is 50.0 Å². The van der Waals surface area contributed by atoms with Crippen molar-refractivity contribution in [2.75, 3.05) is 19.6 Å². The minimum atomic E-state index is 0.668. The van der Waals surface area contributed by atoms with Gasteiger partial charge in [-0.2, -0.15) is 0 Å². The number of fused-ring (bicyclic) bond motifs is 1. The number of piperidine rings is 1. The van der Waals surface area contributed by atoms with Gasteiger partial charge in [-0.1, -0.05) is 6.42 Å². The van der Waals surface area contributed by atoms with Crippen LogP contribution in [0.2, 0.25) is 0 Å². The Labute approximate surface area is 116 Å². The van der Waals surface area contributed by atoms with Crippen LogP contribution in [0.15, 0.2) is 18.5 Å². The molecular weight excluding hydrogens is 234 g/mol. The van der Waals surface area contributed by atoms with Gasteiger partial charge in [0.25, 0.3) is 0 Å². The number of hydrogen-bond donors (Lipinski definition) is 0. The standard InChI is InChI=1S/C16H25N3/c1-13-9-17-7-6-15(13)11-19-12-16-5-3-4-8-18(16)10-14(19)2/h6-7,9,14,16H,3-5,8,10-12H2,1-2H3. The number of aryl methyl sites for hydroxylation is 1. The van der Waals surface area contributed by atoms with Gasteiger partial charge in [0.1, 0.15) is 0 Å². The molecule has 19 heavy (non-hydrogen) atoms. The van der Waals surface area contributed by atoms with Crippen LogP contribution in [0.5, 0.6) is 0 Å². The van der Waals surface area contributed by atoms with E-state index in [4.69, 9.17) is 0 Å². The number of nitrogens with zero attached hydrogens (tertiary/aromatic N) is 3. The summed E-state index contributed by atoms with van der Waals surface area (Å²) in [6.07, 6.45) is 8.10. The molecule has 2 fully saturated rings. The summed E-state index contributed by atoms with van der Waals surface area (Å²) in [6.45, 7) is 9.43. The number of rotatable bonds is 2. The molecule has 2 aliphatic heterocycles. The number of piperazine rings is 1. The lowest BCUT2D eigenvalue weighted by molar-refractivity contribution is 0.0110. The topological polar surface area (TPSA) is 19.4 Å². The number of hydrogen-bond acceptors (Lipinski definition) is 3. The van der Waals surface area contributed by atoms with Gasteiger partial charge in [-0.15, -0.1) is 0 Å². The van der Waals surface area contributed by atoms with Gasteiger partial charge in [-0.25, -0.2) is 0 Å². The van der Waals surface area contributed by atoms with Gasteiger partial charge in [0.2, 0.25) is 0 Å². The Morgan fingerprint density at radius 3 is 3.05 bits per heavy atom. The second kappa shape index (κ2) is 5.59. The zero-order chi connectivity index (χ0) is 13.2. The van der Waals surface area contributed by atoms with Crippen molar-refractivity contribution in [3.63, 3.8) is 0 Å². The molecule has 0 aromatic carbocycles. The molecule has 0 aliphatic carbocycles. The van der Waals surface area contributed by atoms with E-state index in [0.717, 1.165) is 12.6 Å². The predicted molar refractivity (Wildman–Crippen MR) is 78.1 cm³/mol. The molecule has 3 rings (SSSR count). The van der Waals surface area contributed by atoms with Gasteiger partial charge < -0.3 is 0 Å². The Balaban J connectivity index is 1.69. The highest BCUT2D eigenvalue weighted by Crippen LogP contribution is 2.25. The zero-order valence-electron chi connectivity index (χ0n) is 12.2. The molecule has 2 unspecified atom stereocenters. The first-order valence-electron chi connectivity index (χ1n) is 7.61. The van der Waals surface area contributed by atoms with E-state index in [1.54, 1.807) is 0 Å². The molecule has 0 spiro atoms. The summed E-state index contributed by atoms with van der Waals surface area (Å²) in [6, 6.07) is 3.64. The van der Waals surface area contributed by atoms with Crippen LogP contribution in [0.25, 0.3) is 0 Å². The summed E-state index contributed by atoms with van der Waals surface area (Å²) < 4.78 is 0. The molecule has 2 aliphatic rings. The molecular formula is C16H25N3. The van der Waals surface area contributed by atoms with Gasteiger partial charge in [-0.3, -0.25) is 14.8 Å². The van der Waals surface area contributed by atoms with Crippen LogP contribution in [0.3, 0.4) is 0 Å². The highest BCUT2D eigenvalue weighted by molar-refractivity contribution is 5.21. The fourth-order valence-corrected chi connectivity index (χ4v) is 3.53. The van der Waals surface area contributed by atoms with Crippen LogP contribution in [0, 0.1) is 6.92 Å². The monoisotopic (exact) mass is 259 g/mol. The van der Waals surface area contributed by atoms with E-state index in [2.05, 4.69) is 34.7 Å². The zero-order valence-corrected chi connectivity index (χ0v) is 12.2. The highest BCUT2D eigenvalue weighted by atomic mass is 15.3. The van der Waals surface area contributed by atoms with Gasteiger partial charge in [0.15, 0.2) is 0 Å². The first-order chi connectivity index (χ1) is 9.24. The number of aromatic nitrogens is 1. The van der Waals surface area contributed by atoms with Crippen molar-refractivity contribution in [2.24, 2.45) is 0 Å². The van der Waals surface area contributed by atoms with Gasteiger partial charge in [-0.05, 0) is 50.4 Å². The Morgan fingerprint density at radius 2 is 2.21 bits per heavy atom. The first-order valence-corrected chi connectivity index (χ1v) is 7.61. The van der Waals surface area contributed by atoms with Crippen LogP contribution in [-0.2, 0) is 6.54 Å². The van der Waals surface area contributed by atoms with E-state index >= 15 is 0 Å². The van der Waals surface area contributed by atoms with Crippen molar-refractivity contribution >= 4 is 0 Å². The van der Waals surface area contributed by atoms with Crippen LogP contribution in [-0.4, -0.2) is 46.5 Å². The molecule has 1 aromatic heterocycles. The van der Waals surface area contributed by atoms with Crippen molar-refractivity contribution < 1.29 is 0 Å². The second-order valence-corrected chi connectivity index (χ2v) is 6.23. The quantitative estimate of drug-likeness (QED) is 0.813. The molecule has 2 atom stereocenters. The SMILES string of the molecule is Cc1cnccc1CN1CC2CCCCN2CC1C. The average Bonchev–Trinajstić information content (AvgIpc) is 2.42. The summed E-state index contributed by atoms with van der Waals surface area (Å²) in [5.74, 6) is 0. The third-order valence-corrected chi connectivity index (χ3v) is 4.83. The molecule has 0 bridgehead atoms. The summed E-state index contributed by atoms with van der Waals surface area (Å²) in [5.41, 5.74) is 2.76. The third kappa shape index (κ3) is 2.82. The van der Waals surface area contributed by atoms with Crippen molar-refractivity contribution in [2.45, 2.75) is 51.7 Å². The van der Waals surface area contributed by atoms with Gasteiger partial charge in [0.05, 0.1) is 0 Å².